The van der Waals surface area contributed by atoms with Gasteiger partial charge in [0.2, 0.25) is 0 Å². The maximum absolute atomic E-state index is 11.5. The van der Waals surface area contributed by atoms with Crippen molar-refractivity contribution in [2.75, 3.05) is 7.05 Å². The van der Waals surface area contributed by atoms with E-state index in [1.807, 2.05) is 0 Å². The zero-order chi connectivity index (χ0) is 18.9. The van der Waals surface area contributed by atoms with Crippen LogP contribution in [0, 0.1) is 0 Å². The van der Waals surface area contributed by atoms with E-state index in [-0.39, 0.29) is 10.8 Å². The van der Waals surface area contributed by atoms with Crippen LogP contribution in [0.15, 0.2) is 45.0 Å². The molecule has 2 aromatic rings. The van der Waals surface area contributed by atoms with E-state index in [0.717, 1.165) is 6.07 Å². The van der Waals surface area contributed by atoms with Gasteiger partial charge in [-0.05, 0) is 18.5 Å². The fourth-order valence-electron chi connectivity index (χ4n) is 1.96. The first kappa shape index (κ1) is 20.4. The normalized spacial score (nSPS) is 12.5. The second-order valence-electron chi connectivity index (χ2n) is 4.18. The summed E-state index contributed by atoms with van der Waals surface area (Å²) in [5.74, 6) is 0. The lowest BCUT2D eigenvalue weighted by Gasteiger charge is -2.12. The van der Waals surface area contributed by atoms with Crippen molar-refractivity contribution in [3.8, 4) is 0 Å². The highest BCUT2D eigenvalue weighted by atomic mass is 32.2. The van der Waals surface area contributed by atoms with Crippen LogP contribution in [0.2, 0.25) is 0 Å². The summed E-state index contributed by atoms with van der Waals surface area (Å²) in [5.41, 5.74) is 4.50. The summed E-state index contributed by atoms with van der Waals surface area (Å²) in [6, 6.07) is 5.69. The molecule has 0 heterocycles. The fraction of sp³-hybridized carbons (Fsp3) is 0.0909. The van der Waals surface area contributed by atoms with Gasteiger partial charge in [-0.1, -0.05) is 24.3 Å². The van der Waals surface area contributed by atoms with Gasteiger partial charge in [0.1, 0.15) is 14.7 Å². The van der Waals surface area contributed by atoms with E-state index in [9.17, 15) is 29.8 Å². The minimum absolute atomic E-state index is 0.0878. The second kappa shape index (κ2) is 6.72. The fourth-order valence-corrected chi connectivity index (χ4v) is 5.37. The van der Waals surface area contributed by atoms with Crippen LogP contribution in [0.1, 0.15) is 0 Å². The van der Waals surface area contributed by atoms with Gasteiger partial charge >= 0.3 is 0 Å². The van der Waals surface area contributed by atoms with Crippen molar-refractivity contribution < 1.29 is 38.9 Å². The summed E-state index contributed by atoms with van der Waals surface area (Å²) in [6.07, 6.45) is 0. The molecule has 0 saturated heterocycles. The molecule has 0 aliphatic rings. The summed E-state index contributed by atoms with van der Waals surface area (Å²) in [4.78, 5) is -4.31. The Bertz CT molecular complexity index is 1090. The van der Waals surface area contributed by atoms with Crippen LogP contribution >= 0.6 is 0 Å². The number of nitrogens with two attached hydrogens (primary N) is 1. The molecule has 0 radical (unpaired) electrons. The van der Waals surface area contributed by atoms with E-state index < -0.39 is 45.0 Å². The first-order chi connectivity index (χ1) is 10.8. The molecule has 13 heteroatoms. The summed E-state index contributed by atoms with van der Waals surface area (Å²) in [7, 11) is -14.3. The Balaban J connectivity index is 0.00000139. The van der Waals surface area contributed by atoms with E-state index in [1.165, 1.54) is 25.2 Å². The maximum Gasteiger partial charge on any atom is 0.297 e. The van der Waals surface area contributed by atoms with Gasteiger partial charge in [0.05, 0.1) is 0 Å². The third kappa shape index (κ3) is 4.07. The van der Waals surface area contributed by atoms with Crippen molar-refractivity contribution >= 4 is 41.1 Å². The van der Waals surface area contributed by atoms with Gasteiger partial charge in [0.25, 0.3) is 30.4 Å². The smallest absolute Gasteiger partial charge is 0.297 e. The second-order valence-corrected chi connectivity index (χ2v) is 8.29. The van der Waals surface area contributed by atoms with Gasteiger partial charge in [-0.2, -0.15) is 25.3 Å². The SMILES string of the molecule is CN.O=S(=O)(O)c1cc2ccccc2c(S(=O)(=O)O)c1S(=O)(=O)O. The zero-order valence-corrected chi connectivity index (χ0v) is 14.4. The van der Waals surface area contributed by atoms with Crippen LogP contribution in [0.5, 0.6) is 0 Å². The van der Waals surface area contributed by atoms with Crippen molar-refractivity contribution in [1.29, 1.82) is 0 Å². The van der Waals surface area contributed by atoms with Gasteiger partial charge in [-0.3, -0.25) is 13.7 Å². The molecule has 2 aromatic carbocycles. The van der Waals surface area contributed by atoms with Crippen molar-refractivity contribution in [3.63, 3.8) is 0 Å². The molecule has 5 N–H and O–H groups in total. The Morgan fingerprint density at radius 2 is 1.21 bits per heavy atom. The molecule has 24 heavy (non-hydrogen) atoms. The van der Waals surface area contributed by atoms with Crippen LogP contribution in [0.25, 0.3) is 10.8 Å². The number of fused-ring (bicyclic) bond motifs is 1. The molecule has 134 valence electrons. The largest absolute Gasteiger partial charge is 0.333 e. The topological polar surface area (TPSA) is 189 Å². The molecule has 0 spiro atoms. The third-order valence-electron chi connectivity index (χ3n) is 2.72. The number of rotatable bonds is 3. The van der Waals surface area contributed by atoms with Crippen LogP contribution in [0.3, 0.4) is 0 Å². The number of benzene rings is 2. The standard InChI is InChI=1S/C10H8O9S3.CH5N/c11-20(12,13)8-5-6-3-1-2-4-7(6)9(21(14,15)16)10(8)22(17,18)19;1-2/h1-5H,(H,11,12,13)(H,14,15,16)(H,17,18,19);2H2,1H3. The highest BCUT2D eigenvalue weighted by Crippen LogP contribution is 2.35. The minimum Gasteiger partial charge on any atom is -0.333 e. The van der Waals surface area contributed by atoms with Gasteiger partial charge in [0, 0.05) is 5.39 Å². The molecule has 0 unspecified atom stereocenters. The van der Waals surface area contributed by atoms with Gasteiger partial charge in [0.15, 0.2) is 0 Å². The first-order valence-electron chi connectivity index (χ1n) is 5.89. The van der Waals surface area contributed by atoms with Crippen LogP contribution in [-0.2, 0) is 30.4 Å². The molecule has 0 bridgehead atoms. The van der Waals surface area contributed by atoms with E-state index in [2.05, 4.69) is 5.73 Å². The third-order valence-corrected chi connectivity index (χ3v) is 5.73. The Labute approximate surface area is 138 Å². The van der Waals surface area contributed by atoms with Gasteiger partial charge < -0.3 is 5.73 Å². The molecule has 0 aromatic heterocycles. The van der Waals surface area contributed by atoms with E-state index in [1.54, 1.807) is 0 Å². The van der Waals surface area contributed by atoms with Crippen LogP contribution in [-0.4, -0.2) is 46.0 Å². The summed E-state index contributed by atoms with van der Waals surface area (Å²) in [5, 5.41) is -0.430. The monoisotopic (exact) mass is 399 g/mol. The summed E-state index contributed by atoms with van der Waals surface area (Å²) >= 11 is 0. The number of hydrogen-bond donors (Lipinski definition) is 4. The molecule has 0 aliphatic carbocycles. The predicted molar refractivity (Wildman–Crippen MR) is 83.5 cm³/mol. The van der Waals surface area contributed by atoms with E-state index in [4.69, 9.17) is 9.11 Å². The molecule has 0 saturated carbocycles. The average molecular weight is 399 g/mol. The molecule has 10 nitrogen and oxygen atoms in total. The van der Waals surface area contributed by atoms with Crippen molar-refractivity contribution in [1.82, 2.24) is 0 Å². The lowest BCUT2D eigenvalue weighted by molar-refractivity contribution is 0.457. The Kier molecular flexibility index (Phi) is 5.72. The molecular weight excluding hydrogens is 386 g/mol. The summed E-state index contributed by atoms with van der Waals surface area (Å²) < 4.78 is 96.0. The summed E-state index contributed by atoms with van der Waals surface area (Å²) in [6.45, 7) is 0. The predicted octanol–water partition coefficient (Wildman–Crippen LogP) is 0.155. The number of hydrogen-bond acceptors (Lipinski definition) is 7. The highest BCUT2D eigenvalue weighted by molar-refractivity contribution is 7.90. The molecule has 0 atom stereocenters. The molecule has 0 fully saturated rings. The van der Waals surface area contributed by atoms with Crippen molar-refractivity contribution in [3.05, 3.63) is 30.3 Å². The Hall–Kier alpha value is -1.61. The molecule has 2 rings (SSSR count). The molecule has 0 amide bonds. The maximum atomic E-state index is 11.5. The van der Waals surface area contributed by atoms with Gasteiger partial charge in [-0.15, -0.1) is 0 Å². The molecular formula is C11H13NO9S3. The quantitative estimate of drug-likeness (QED) is 0.517. The van der Waals surface area contributed by atoms with Crippen molar-refractivity contribution in [2.45, 2.75) is 14.7 Å². The first-order valence-corrected chi connectivity index (χ1v) is 10.2. The average Bonchev–Trinajstić information content (AvgIpc) is 2.44. The van der Waals surface area contributed by atoms with E-state index in [0.29, 0.717) is 6.07 Å². The van der Waals surface area contributed by atoms with E-state index >= 15 is 0 Å². The lowest BCUT2D eigenvalue weighted by atomic mass is 10.1. The van der Waals surface area contributed by atoms with Crippen molar-refractivity contribution in [2.24, 2.45) is 5.73 Å². The Morgan fingerprint density at radius 3 is 1.62 bits per heavy atom. The molecule has 0 aliphatic heterocycles. The lowest BCUT2D eigenvalue weighted by Crippen LogP contribution is -2.15. The highest BCUT2D eigenvalue weighted by Gasteiger charge is 2.34. The Morgan fingerprint density at radius 1 is 0.750 bits per heavy atom. The van der Waals surface area contributed by atoms with Gasteiger partial charge in [-0.25, -0.2) is 0 Å². The zero-order valence-electron chi connectivity index (χ0n) is 12.0. The van der Waals surface area contributed by atoms with Crippen LogP contribution in [0.4, 0.5) is 0 Å². The van der Waals surface area contributed by atoms with Crippen LogP contribution < -0.4 is 5.73 Å². The minimum atomic E-state index is -5.40.